The molecule has 0 radical (unpaired) electrons. The lowest BCUT2D eigenvalue weighted by molar-refractivity contribution is -0.119. The Balaban J connectivity index is 1.83. The number of anilines is 1. The highest BCUT2D eigenvalue weighted by atomic mass is 16.1. The van der Waals surface area contributed by atoms with Crippen molar-refractivity contribution in [3.63, 3.8) is 0 Å². The highest BCUT2D eigenvalue weighted by Gasteiger charge is 2.15. The number of amides is 1. The molecule has 22 heavy (non-hydrogen) atoms. The van der Waals surface area contributed by atoms with E-state index in [1.807, 2.05) is 26.1 Å². The Labute approximate surface area is 131 Å². The molecule has 1 aromatic carbocycles. The third-order valence-corrected chi connectivity index (χ3v) is 4.33. The fourth-order valence-corrected chi connectivity index (χ4v) is 3.09. The van der Waals surface area contributed by atoms with Gasteiger partial charge in [-0.25, -0.2) is 4.98 Å². The Bertz CT molecular complexity index is 677. The fraction of sp³-hybridized carbons (Fsp3) is 0.529. The van der Waals surface area contributed by atoms with Gasteiger partial charge in [0, 0.05) is 31.1 Å². The van der Waals surface area contributed by atoms with Gasteiger partial charge < -0.3 is 15.2 Å². The second kappa shape index (κ2) is 6.48. The molecular formula is C17H24N4O. The maximum Gasteiger partial charge on any atom is 0.228 e. The van der Waals surface area contributed by atoms with Gasteiger partial charge in [0.1, 0.15) is 5.82 Å². The minimum atomic E-state index is -0.0561. The molecule has 118 valence electrons. The third-order valence-electron chi connectivity index (χ3n) is 4.33. The van der Waals surface area contributed by atoms with Gasteiger partial charge in [0.25, 0.3) is 0 Å². The first-order valence-electron chi connectivity index (χ1n) is 8.13. The summed E-state index contributed by atoms with van der Waals surface area (Å²) in [4.78, 5) is 16.9. The summed E-state index contributed by atoms with van der Waals surface area (Å²) in [6.07, 6.45) is 4.77. The summed E-state index contributed by atoms with van der Waals surface area (Å²) >= 11 is 0. The van der Waals surface area contributed by atoms with Crippen LogP contribution in [0.4, 0.5) is 5.69 Å². The average Bonchev–Trinajstić information content (AvgIpc) is 2.68. The molecule has 2 heterocycles. The van der Waals surface area contributed by atoms with Gasteiger partial charge in [0.2, 0.25) is 5.91 Å². The van der Waals surface area contributed by atoms with Crippen LogP contribution in [0.1, 0.15) is 32.0 Å². The van der Waals surface area contributed by atoms with Crippen LogP contribution in [0.5, 0.6) is 0 Å². The van der Waals surface area contributed by atoms with E-state index in [4.69, 9.17) is 4.98 Å². The smallest absolute Gasteiger partial charge is 0.228 e. The van der Waals surface area contributed by atoms with Crippen molar-refractivity contribution in [1.82, 2.24) is 14.9 Å². The molecule has 2 N–H and O–H groups in total. The second-order valence-electron chi connectivity index (χ2n) is 6.14. The standard InChI is InChI=1S/C17H24N4O/c1-12(11-18-2)17(22)19-13-7-8-15-14(10-13)20-16-6-4-3-5-9-21(15)16/h7-8,10,12,18H,3-6,9,11H2,1-2H3,(H,19,22). The zero-order valence-corrected chi connectivity index (χ0v) is 13.4. The minimum absolute atomic E-state index is 0.0365. The summed E-state index contributed by atoms with van der Waals surface area (Å²) in [5.74, 6) is 1.16. The zero-order valence-electron chi connectivity index (χ0n) is 13.4. The van der Waals surface area contributed by atoms with E-state index >= 15 is 0 Å². The predicted octanol–water partition coefficient (Wildman–Crippen LogP) is 2.56. The van der Waals surface area contributed by atoms with Gasteiger partial charge in [-0.2, -0.15) is 0 Å². The molecule has 3 rings (SSSR count). The van der Waals surface area contributed by atoms with Crippen LogP contribution < -0.4 is 10.6 Å². The molecule has 5 heteroatoms. The fourth-order valence-electron chi connectivity index (χ4n) is 3.09. The summed E-state index contributed by atoms with van der Waals surface area (Å²) in [5.41, 5.74) is 2.99. The van der Waals surface area contributed by atoms with E-state index in [0.29, 0.717) is 6.54 Å². The molecule has 1 atom stereocenters. The monoisotopic (exact) mass is 300 g/mol. The van der Waals surface area contributed by atoms with E-state index in [1.165, 1.54) is 30.6 Å². The SMILES string of the molecule is CNCC(C)C(=O)Nc1ccc2c(c1)nc1n2CCCCC1. The molecule has 1 amide bonds. The predicted molar refractivity (Wildman–Crippen MR) is 89.0 cm³/mol. The van der Waals surface area contributed by atoms with E-state index in [9.17, 15) is 4.79 Å². The maximum absolute atomic E-state index is 12.1. The number of benzene rings is 1. The van der Waals surface area contributed by atoms with Gasteiger partial charge in [-0.05, 0) is 38.1 Å². The Morgan fingerprint density at radius 3 is 3.05 bits per heavy atom. The zero-order chi connectivity index (χ0) is 15.5. The van der Waals surface area contributed by atoms with Crippen LogP contribution in [0.3, 0.4) is 0 Å². The van der Waals surface area contributed by atoms with Gasteiger partial charge in [-0.15, -0.1) is 0 Å². The highest BCUT2D eigenvalue weighted by molar-refractivity contribution is 5.94. The first-order chi connectivity index (χ1) is 10.7. The Morgan fingerprint density at radius 2 is 2.23 bits per heavy atom. The summed E-state index contributed by atoms with van der Waals surface area (Å²) in [6.45, 7) is 3.65. The van der Waals surface area contributed by atoms with Crippen LogP contribution in [0.2, 0.25) is 0 Å². The maximum atomic E-state index is 12.1. The van der Waals surface area contributed by atoms with Gasteiger partial charge >= 0.3 is 0 Å². The number of hydrogen-bond donors (Lipinski definition) is 2. The number of nitrogens with one attached hydrogen (secondary N) is 2. The number of carbonyl (C=O) groups excluding carboxylic acids is 1. The lowest BCUT2D eigenvalue weighted by Crippen LogP contribution is -2.28. The van der Waals surface area contributed by atoms with E-state index < -0.39 is 0 Å². The van der Waals surface area contributed by atoms with Crippen LogP contribution in [0.25, 0.3) is 11.0 Å². The van der Waals surface area contributed by atoms with Gasteiger partial charge in [0.05, 0.1) is 11.0 Å². The van der Waals surface area contributed by atoms with Crippen LogP contribution in [-0.4, -0.2) is 29.1 Å². The van der Waals surface area contributed by atoms with Crippen molar-refractivity contribution in [2.24, 2.45) is 5.92 Å². The van der Waals surface area contributed by atoms with E-state index in [1.54, 1.807) is 0 Å². The number of aromatic nitrogens is 2. The number of nitrogens with zero attached hydrogens (tertiary/aromatic N) is 2. The number of hydrogen-bond acceptors (Lipinski definition) is 3. The number of aryl methyl sites for hydroxylation is 2. The lowest BCUT2D eigenvalue weighted by Gasteiger charge is -2.11. The van der Waals surface area contributed by atoms with Crippen LogP contribution >= 0.6 is 0 Å². The molecule has 1 aromatic heterocycles. The number of rotatable bonds is 4. The van der Waals surface area contributed by atoms with Crippen LogP contribution in [-0.2, 0) is 17.8 Å². The molecule has 0 fully saturated rings. The summed E-state index contributed by atoms with van der Waals surface area (Å²) in [7, 11) is 1.86. The molecule has 2 aromatic rings. The van der Waals surface area contributed by atoms with E-state index in [-0.39, 0.29) is 11.8 Å². The largest absolute Gasteiger partial charge is 0.328 e. The van der Waals surface area contributed by atoms with Crippen molar-refractivity contribution in [3.8, 4) is 0 Å². The van der Waals surface area contributed by atoms with Crippen molar-refractivity contribution in [1.29, 1.82) is 0 Å². The van der Waals surface area contributed by atoms with Crippen LogP contribution in [0, 0.1) is 5.92 Å². The van der Waals surface area contributed by atoms with Crippen molar-refractivity contribution >= 4 is 22.6 Å². The third kappa shape index (κ3) is 2.99. The molecule has 0 spiro atoms. The Hall–Kier alpha value is -1.88. The van der Waals surface area contributed by atoms with Crippen molar-refractivity contribution in [2.45, 2.75) is 39.2 Å². The molecule has 1 aliphatic rings. The van der Waals surface area contributed by atoms with Crippen molar-refractivity contribution < 1.29 is 4.79 Å². The first-order valence-corrected chi connectivity index (χ1v) is 8.13. The van der Waals surface area contributed by atoms with E-state index in [2.05, 4.69) is 21.3 Å². The Morgan fingerprint density at radius 1 is 1.36 bits per heavy atom. The van der Waals surface area contributed by atoms with Gasteiger partial charge in [-0.1, -0.05) is 13.3 Å². The summed E-state index contributed by atoms with van der Waals surface area (Å²) in [5, 5.41) is 6.01. The summed E-state index contributed by atoms with van der Waals surface area (Å²) < 4.78 is 2.33. The highest BCUT2D eigenvalue weighted by Crippen LogP contribution is 2.24. The van der Waals surface area contributed by atoms with Crippen molar-refractivity contribution in [2.75, 3.05) is 18.9 Å². The molecule has 0 bridgehead atoms. The molecule has 0 aliphatic carbocycles. The number of fused-ring (bicyclic) bond motifs is 3. The Kier molecular flexibility index (Phi) is 4.43. The van der Waals surface area contributed by atoms with Crippen molar-refractivity contribution in [3.05, 3.63) is 24.0 Å². The topological polar surface area (TPSA) is 59.0 Å². The second-order valence-corrected chi connectivity index (χ2v) is 6.14. The quantitative estimate of drug-likeness (QED) is 0.912. The normalized spacial score (nSPS) is 16.1. The van der Waals surface area contributed by atoms with Gasteiger partial charge in [-0.3, -0.25) is 4.79 Å². The van der Waals surface area contributed by atoms with Crippen LogP contribution in [0.15, 0.2) is 18.2 Å². The molecular weight excluding hydrogens is 276 g/mol. The lowest BCUT2D eigenvalue weighted by atomic mass is 10.1. The van der Waals surface area contributed by atoms with E-state index in [0.717, 1.165) is 24.2 Å². The first kappa shape index (κ1) is 15.0. The number of carbonyl (C=O) groups is 1. The molecule has 1 aliphatic heterocycles. The summed E-state index contributed by atoms with van der Waals surface area (Å²) in [6, 6.07) is 6.04. The average molecular weight is 300 g/mol. The number of imidazole rings is 1. The minimum Gasteiger partial charge on any atom is -0.328 e. The molecule has 0 saturated heterocycles. The van der Waals surface area contributed by atoms with Gasteiger partial charge in [0.15, 0.2) is 0 Å². The molecule has 5 nitrogen and oxygen atoms in total. The molecule has 0 saturated carbocycles. The molecule has 1 unspecified atom stereocenters.